The van der Waals surface area contributed by atoms with Crippen molar-refractivity contribution >= 4 is 12.4 Å². The van der Waals surface area contributed by atoms with Crippen molar-refractivity contribution in [2.45, 2.75) is 11.6 Å². The van der Waals surface area contributed by atoms with E-state index in [1.165, 1.54) is 0 Å². The predicted molar refractivity (Wildman–Crippen MR) is 102 cm³/mol. The highest BCUT2D eigenvalue weighted by atomic mass is 16.6. The van der Waals surface area contributed by atoms with Crippen molar-refractivity contribution in [3.05, 3.63) is 108 Å². The van der Waals surface area contributed by atoms with Gasteiger partial charge in [-0.05, 0) is 16.7 Å². The molecule has 1 aliphatic heterocycles. The molecule has 4 rings (SSSR count). The van der Waals surface area contributed by atoms with Crippen LogP contribution in [0.5, 0.6) is 0 Å². The maximum Gasteiger partial charge on any atom is 0.411 e. The number of nitrogens with zero attached hydrogens (tertiary/aromatic N) is 1. The molecule has 1 heterocycles. The number of cyclic esters (lactones) is 1. The van der Waals surface area contributed by atoms with Crippen LogP contribution in [0.1, 0.15) is 16.7 Å². The molecule has 134 valence electrons. The van der Waals surface area contributed by atoms with Crippen LogP contribution in [0.4, 0.5) is 4.79 Å². The first-order valence-electron chi connectivity index (χ1n) is 8.86. The Balaban J connectivity index is 2.10. The molecule has 0 saturated carbocycles. The van der Waals surface area contributed by atoms with E-state index in [9.17, 15) is 9.59 Å². The van der Waals surface area contributed by atoms with Crippen molar-refractivity contribution in [3.8, 4) is 0 Å². The first kappa shape index (κ1) is 17.0. The van der Waals surface area contributed by atoms with Crippen LogP contribution in [-0.2, 0) is 15.1 Å². The van der Waals surface area contributed by atoms with Gasteiger partial charge in [-0.15, -0.1) is 0 Å². The van der Waals surface area contributed by atoms with Gasteiger partial charge in [-0.25, -0.2) is 4.79 Å². The van der Waals surface area contributed by atoms with Gasteiger partial charge in [-0.2, -0.15) is 0 Å². The zero-order valence-electron chi connectivity index (χ0n) is 14.7. The van der Waals surface area contributed by atoms with Crippen molar-refractivity contribution in [1.29, 1.82) is 0 Å². The number of hydrogen-bond donors (Lipinski definition) is 0. The van der Waals surface area contributed by atoms with Crippen molar-refractivity contribution in [3.63, 3.8) is 0 Å². The third-order valence-electron chi connectivity index (χ3n) is 5.00. The fraction of sp³-hybridized carbons (Fsp3) is 0.130. The summed E-state index contributed by atoms with van der Waals surface area (Å²) in [5.74, 6) is 0. The fourth-order valence-electron chi connectivity index (χ4n) is 3.88. The van der Waals surface area contributed by atoms with Gasteiger partial charge < -0.3 is 9.53 Å². The zero-order valence-corrected chi connectivity index (χ0v) is 14.7. The van der Waals surface area contributed by atoms with Crippen LogP contribution in [0.25, 0.3) is 0 Å². The van der Waals surface area contributed by atoms with Gasteiger partial charge in [0.05, 0.1) is 0 Å². The van der Waals surface area contributed by atoms with Crippen LogP contribution in [0.3, 0.4) is 0 Å². The van der Waals surface area contributed by atoms with E-state index in [4.69, 9.17) is 4.74 Å². The summed E-state index contributed by atoms with van der Waals surface area (Å²) in [6.45, 7) is 0.0522. The lowest BCUT2D eigenvalue weighted by Crippen LogP contribution is -2.53. The predicted octanol–water partition coefficient (Wildman–Crippen LogP) is 4.00. The largest absolute Gasteiger partial charge is 0.447 e. The van der Waals surface area contributed by atoms with Gasteiger partial charge >= 0.3 is 6.09 Å². The molecule has 27 heavy (non-hydrogen) atoms. The van der Waals surface area contributed by atoms with E-state index in [0.717, 1.165) is 23.0 Å². The van der Waals surface area contributed by atoms with Crippen molar-refractivity contribution < 1.29 is 14.3 Å². The minimum absolute atomic E-state index is 0.0522. The Bertz CT molecular complexity index is 829. The highest BCUT2D eigenvalue weighted by Crippen LogP contribution is 2.44. The normalized spacial score (nSPS) is 16.8. The molecule has 0 bridgehead atoms. The zero-order chi connectivity index (χ0) is 18.7. The van der Waals surface area contributed by atoms with E-state index in [0.29, 0.717) is 0 Å². The summed E-state index contributed by atoms with van der Waals surface area (Å²) < 4.78 is 5.30. The van der Waals surface area contributed by atoms with Crippen LogP contribution >= 0.6 is 0 Å². The standard InChI is InChI=1S/C23H19NO3/c25-16-21-17-27-22(26)24(21)23(18-10-4-1-5-11-18,19-12-6-2-7-13-19)20-14-8-3-9-15-20/h1-16,21H,17H2/t21-/m0/s1. The number of hydrogen-bond acceptors (Lipinski definition) is 3. The van der Waals surface area contributed by atoms with E-state index in [2.05, 4.69) is 0 Å². The Morgan fingerprint density at radius 3 is 1.56 bits per heavy atom. The molecule has 1 amide bonds. The van der Waals surface area contributed by atoms with Crippen molar-refractivity contribution in [1.82, 2.24) is 4.90 Å². The highest BCUT2D eigenvalue weighted by Gasteiger charge is 2.51. The quantitative estimate of drug-likeness (QED) is 0.512. The Kier molecular flexibility index (Phi) is 4.47. The van der Waals surface area contributed by atoms with Crippen LogP contribution in [0.15, 0.2) is 91.0 Å². The van der Waals surface area contributed by atoms with Crippen LogP contribution in [0.2, 0.25) is 0 Å². The summed E-state index contributed by atoms with van der Waals surface area (Å²) in [7, 11) is 0. The summed E-state index contributed by atoms with van der Waals surface area (Å²) in [6, 6.07) is 28.6. The van der Waals surface area contributed by atoms with Crippen molar-refractivity contribution in [2.75, 3.05) is 6.61 Å². The van der Waals surface area contributed by atoms with E-state index in [-0.39, 0.29) is 6.61 Å². The Morgan fingerprint density at radius 2 is 1.19 bits per heavy atom. The molecule has 1 fully saturated rings. The van der Waals surface area contributed by atoms with E-state index in [1.807, 2.05) is 91.0 Å². The number of aldehydes is 1. The Labute approximate surface area is 158 Å². The molecule has 1 atom stereocenters. The average Bonchev–Trinajstić information content (AvgIpc) is 3.12. The molecule has 3 aromatic rings. The molecule has 0 spiro atoms. The van der Waals surface area contributed by atoms with E-state index in [1.54, 1.807) is 4.90 Å². The molecule has 4 heteroatoms. The summed E-state index contributed by atoms with van der Waals surface area (Å²) >= 11 is 0. The minimum Gasteiger partial charge on any atom is -0.447 e. The third-order valence-corrected chi connectivity index (χ3v) is 5.00. The lowest BCUT2D eigenvalue weighted by molar-refractivity contribution is -0.111. The number of benzene rings is 3. The molecule has 0 radical (unpaired) electrons. The molecule has 1 saturated heterocycles. The second kappa shape index (κ2) is 7.08. The molecular formula is C23H19NO3. The minimum atomic E-state index is -0.969. The highest BCUT2D eigenvalue weighted by molar-refractivity contribution is 5.80. The Hall–Kier alpha value is -3.40. The fourth-order valence-corrected chi connectivity index (χ4v) is 3.88. The van der Waals surface area contributed by atoms with E-state index < -0.39 is 17.7 Å². The maximum atomic E-state index is 12.9. The lowest BCUT2D eigenvalue weighted by atomic mass is 9.75. The van der Waals surface area contributed by atoms with E-state index >= 15 is 0 Å². The maximum absolute atomic E-state index is 12.9. The van der Waals surface area contributed by atoms with Gasteiger partial charge in [-0.3, -0.25) is 4.90 Å². The summed E-state index contributed by atoms with van der Waals surface area (Å²) in [5, 5.41) is 0. The summed E-state index contributed by atoms with van der Waals surface area (Å²) in [4.78, 5) is 26.3. The number of carbonyl (C=O) groups excluding carboxylic acids is 2. The third kappa shape index (κ3) is 2.70. The molecule has 0 aromatic heterocycles. The summed E-state index contributed by atoms with van der Waals surface area (Å²) in [6.07, 6.45) is 0.290. The molecular weight excluding hydrogens is 338 g/mol. The molecule has 3 aromatic carbocycles. The number of ether oxygens (including phenoxy) is 1. The van der Waals surface area contributed by atoms with Crippen LogP contribution in [-0.4, -0.2) is 29.9 Å². The topological polar surface area (TPSA) is 46.6 Å². The van der Waals surface area contributed by atoms with Crippen molar-refractivity contribution in [2.24, 2.45) is 0 Å². The first-order valence-corrected chi connectivity index (χ1v) is 8.86. The lowest BCUT2D eigenvalue weighted by Gasteiger charge is -2.43. The molecule has 0 aliphatic carbocycles. The second-order valence-electron chi connectivity index (χ2n) is 6.46. The smallest absolute Gasteiger partial charge is 0.411 e. The SMILES string of the molecule is O=C[C@H]1COC(=O)N1C(c1ccccc1)(c1ccccc1)c1ccccc1. The van der Waals surface area contributed by atoms with Crippen LogP contribution < -0.4 is 0 Å². The van der Waals surface area contributed by atoms with Gasteiger partial charge in [0.15, 0.2) is 0 Å². The van der Waals surface area contributed by atoms with Gasteiger partial charge in [-0.1, -0.05) is 91.0 Å². The Morgan fingerprint density at radius 1 is 0.778 bits per heavy atom. The first-order chi connectivity index (χ1) is 13.3. The average molecular weight is 357 g/mol. The number of carbonyl (C=O) groups is 2. The number of amides is 1. The molecule has 0 unspecified atom stereocenters. The number of rotatable bonds is 5. The van der Waals surface area contributed by atoms with Gasteiger partial charge in [0.25, 0.3) is 0 Å². The monoisotopic (exact) mass is 357 g/mol. The molecule has 4 nitrogen and oxygen atoms in total. The molecule has 1 aliphatic rings. The summed E-state index contributed by atoms with van der Waals surface area (Å²) in [5.41, 5.74) is 1.72. The van der Waals surface area contributed by atoms with Gasteiger partial charge in [0.1, 0.15) is 24.5 Å². The van der Waals surface area contributed by atoms with Gasteiger partial charge in [0, 0.05) is 0 Å². The van der Waals surface area contributed by atoms with Crippen LogP contribution in [0, 0.1) is 0 Å². The molecule has 0 N–H and O–H groups in total. The van der Waals surface area contributed by atoms with Gasteiger partial charge in [0.2, 0.25) is 0 Å². The second-order valence-corrected chi connectivity index (χ2v) is 6.46.